The largest absolute Gasteiger partial charge is 0.388 e. The van der Waals surface area contributed by atoms with E-state index in [2.05, 4.69) is 33.0 Å². The topological polar surface area (TPSA) is 33.1 Å². The zero-order valence-electron chi connectivity index (χ0n) is 11.0. The Kier molecular flexibility index (Phi) is 3.87. The highest BCUT2D eigenvalue weighted by Gasteiger charge is 2.11. The van der Waals surface area contributed by atoms with Crippen molar-refractivity contribution in [1.82, 2.24) is 4.98 Å². The highest BCUT2D eigenvalue weighted by atomic mass is 79.9. The summed E-state index contributed by atoms with van der Waals surface area (Å²) in [4.78, 5) is 4.40. The molecule has 0 amide bonds. The molecule has 1 atom stereocenters. The third-order valence-corrected chi connectivity index (χ3v) is 4.73. The van der Waals surface area contributed by atoms with Crippen molar-refractivity contribution in [3.05, 3.63) is 62.5 Å². The maximum absolute atomic E-state index is 10.4. The Balaban J connectivity index is 1.87. The van der Waals surface area contributed by atoms with Gasteiger partial charge in [0.25, 0.3) is 0 Å². The first-order chi connectivity index (χ1) is 9.61. The van der Waals surface area contributed by atoms with E-state index in [0.717, 1.165) is 26.1 Å². The molecule has 0 saturated heterocycles. The minimum Gasteiger partial charge on any atom is -0.388 e. The van der Waals surface area contributed by atoms with Crippen LogP contribution in [0.5, 0.6) is 0 Å². The van der Waals surface area contributed by atoms with E-state index >= 15 is 0 Å². The third-order valence-electron chi connectivity index (χ3n) is 3.25. The number of nitrogens with zero attached hydrogens (tertiary/aromatic N) is 1. The van der Waals surface area contributed by atoms with Crippen LogP contribution in [0, 0.1) is 6.92 Å². The average molecular weight is 348 g/mol. The van der Waals surface area contributed by atoms with Gasteiger partial charge in [0.05, 0.1) is 11.1 Å². The molecule has 0 fully saturated rings. The molecule has 2 nitrogen and oxygen atoms in total. The number of hydrogen-bond acceptors (Lipinski definition) is 3. The van der Waals surface area contributed by atoms with Crippen LogP contribution >= 0.6 is 27.3 Å². The fraction of sp³-hybridized carbons (Fsp3) is 0.188. The van der Waals surface area contributed by atoms with Gasteiger partial charge < -0.3 is 5.11 Å². The van der Waals surface area contributed by atoms with Crippen molar-refractivity contribution in [3.8, 4) is 0 Å². The molecular formula is C16H14BrNOS. The Morgan fingerprint density at radius 3 is 2.70 bits per heavy atom. The monoisotopic (exact) mass is 347 g/mol. The second-order valence-corrected chi connectivity index (χ2v) is 6.71. The lowest BCUT2D eigenvalue weighted by molar-refractivity contribution is 0.178. The fourth-order valence-corrected chi connectivity index (χ4v) is 3.41. The summed E-state index contributed by atoms with van der Waals surface area (Å²) in [6.45, 7) is 1.97. The van der Waals surface area contributed by atoms with Gasteiger partial charge in [0, 0.05) is 22.0 Å². The van der Waals surface area contributed by atoms with Crippen molar-refractivity contribution in [2.75, 3.05) is 0 Å². The van der Waals surface area contributed by atoms with E-state index in [0.29, 0.717) is 6.42 Å². The SMILES string of the molecule is Cc1csc(CC(O)c2ccc3cc(Br)ccc3c2)n1. The summed E-state index contributed by atoms with van der Waals surface area (Å²) >= 11 is 5.07. The zero-order valence-corrected chi connectivity index (χ0v) is 13.4. The Morgan fingerprint density at radius 1 is 1.20 bits per heavy atom. The van der Waals surface area contributed by atoms with Gasteiger partial charge in [-0.05, 0) is 41.5 Å². The lowest BCUT2D eigenvalue weighted by Gasteiger charge is -2.10. The second kappa shape index (κ2) is 5.64. The number of aliphatic hydroxyl groups excluding tert-OH is 1. The van der Waals surface area contributed by atoms with E-state index < -0.39 is 6.10 Å². The molecule has 3 aromatic rings. The minimum atomic E-state index is -0.506. The van der Waals surface area contributed by atoms with Gasteiger partial charge >= 0.3 is 0 Å². The predicted molar refractivity (Wildman–Crippen MR) is 87.2 cm³/mol. The molecular weight excluding hydrogens is 334 g/mol. The summed E-state index contributed by atoms with van der Waals surface area (Å²) in [5, 5.41) is 15.7. The predicted octanol–water partition coefficient (Wildman–Crippen LogP) is 4.64. The molecule has 1 heterocycles. The Bertz CT molecular complexity index is 753. The molecule has 1 N–H and O–H groups in total. The number of aliphatic hydroxyl groups is 1. The van der Waals surface area contributed by atoms with Crippen molar-refractivity contribution < 1.29 is 5.11 Å². The molecule has 4 heteroatoms. The van der Waals surface area contributed by atoms with Gasteiger partial charge in [-0.1, -0.05) is 34.1 Å². The molecule has 0 radical (unpaired) electrons. The van der Waals surface area contributed by atoms with Gasteiger partial charge in [0.15, 0.2) is 0 Å². The van der Waals surface area contributed by atoms with Crippen LogP contribution in [-0.4, -0.2) is 10.1 Å². The van der Waals surface area contributed by atoms with Gasteiger partial charge in [0.1, 0.15) is 0 Å². The maximum atomic E-state index is 10.4. The number of fused-ring (bicyclic) bond motifs is 1. The summed E-state index contributed by atoms with van der Waals surface area (Å²) in [7, 11) is 0. The molecule has 0 bridgehead atoms. The molecule has 1 aromatic heterocycles. The van der Waals surface area contributed by atoms with Crippen molar-refractivity contribution in [2.45, 2.75) is 19.4 Å². The van der Waals surface area contributed by atoms with Crippen LogP contribution in [0.1, 0.15) is 22.4 Å². The first kappa shape index (κ1) is 13.7. The van der Waals surface area contributed by atoms with E-state index in [9.17, 15) is 5.11 Å². The van der Waals surface area contributed by atoms with Crippen LogP contribution in [-0.2, 0) is 6.42 Å². The van der Waals surface area contributed by atoms with Crippen molar-refractivity contribution in [3.63, 3.8) is 0 Å². The molecule has 0 spiro atoms. The molecule has 20 heavy (non-hydrogen) atoms. The van der Waals surface area contributed by atoms with Crippen LogP contribution < -0.4 is 0 Å². The van der Waals surface area contributed by atoms with E-state index in [-0.39, 0.29) is 0 Å². The Morgan fingerprint density at radius 2 is 1.95 bits per heavy atom. The fourth-order valence-electron chi connectivity index (χ4n) is 2.22. The first-order valence-corrected chi connectivity index (χ1v) is 8.07. The number of thiazole rings is 1. The van der Waals surface area contributed by atoms with Gasteiger partial charge in [-0.2, -0.15) is 0 Å². The average Bonchev–Trinajstić information content (AvgIpc) is 2.83. The molecule has 3 rings (SSSR count). The number of aromatic nitrogens is 1. The summed E-state index contributed by atoms with van der Waals surface area (Å²) in [6, 6.07) is 12.2. The maximum Gasteiger partial charge on any atom is 0.0957 e. The van der Waals surface area contributed by atoms with Crippen LogP contribution in [0.25, 0.3) is 10.8 Å². The molecule has 2 aromatic carbocycles. The molecule has 0 aliphatic carbocycles. The van der Waals surface area contributed by atoms with Gasteiger partial charge in [-0.3, -0.25) is 0 Å². The minimum absolute atomic E-state index is 0.506. The molecule has 102 valence electrons. The number of halogens is 1. The Hall–Kier alpha value is -1.23. The quantitative estimate of drug-likeness (QED) is 0.748. The highest BCUT2D eigenvalue weighted by molar-refractivity contribution is 9.10. The summed E-state index contributed by atoms with van der Waals surface area (Å²) in [5.74, 6) is 0. The summed E-state index contributed by atoms with van der Waals surface area (Å²) in [6.07, 6.45) is 0.0641. The molecule has 0 aliphatic rings. The zero-order chi connectivity index (χ0) is 14.1. The standard InChI is InChI=1S/C16H14BrNOS/c1-10-9-20-16(18-10)8-15(19)13-3-2-12-7-14(17)5-4-11(12)6-13/h2-7,9,15,19H,8H2,1H3. The van der Waals surface area contributed by atoms with Crippen molar-refractivity contribution in [1.29, 1.82) is 0 Å². The van der Waals surface area contributed by atoms with Crippen LogP contribution in [0.15, 0.2) is 46.3 Å². The molecule has 1 unspecified atom stereocenters. The van der Waals surface area contributed by atoms with E-state index in [1.54, 1.807) is 11.3 Å². The smallest absolute Gasteiger partial charge is 0.0957 e. The molecule has 0 aliphatic heterocycles. The second-order valence-electron chi connectivity index (χ2n) is 4.85. The number of hydrogen-bond donors (Lipinski definition) is 1. The number of rotatable bonds is 3. The lowest BCUT2D eigenvalue weighted by Crippen LogP contribution is -2.01. The normalized spacial score (nSPS) is 12.8. The summed E-state index contributed by atoms with van der Waals surface area (Å²) < 4.78 is 1.07. The van der Waals surface area contributed by atoms with Gasteiger partial charge in [0.2, 0.25) is 0 Å². The van der Waals surface area contributed by atoms with Gasteiger partial charge in [-0.15, -0.1) is 11.3 Å². The van der Waals surface area contributed by atoms with Crippen LogP contribution in [0.4, 0.5) is 0 Å². The Labute approximate surface area is 130 Å². The van der Waals surface area contributed by atoms with Gasteiger partial charge in [-0.25, -0.2) is 4.98 Å². The highest BCUT2D eigenvalue weighted by Crippen LogP contribution is 2.26. The lowest BCUT2D eigenvalue weighted by atomic mass is 10.0. The summed E-state index contributed by atoms with van der Waals surface area (Å²) in [5.41, 5.74) is 1.95. The molecule has 0 saturated carbocycles. The number of benzene rings is 2. The third kappa shape index (κ3) is 2.92. The van der Waals surface area contributed by atoms with E-state index in [1.807, 2.05) is 36.6 Å². The van der Waals surface area contributed by atoms with Crippen LogP contribution in [0.2, 0.25) is 0 Å². The van der Waals surface area contributed by atoms with Crippen molar-refractivity contribution >= 4 is 38.0 Å². The van der Waals surface area contributed by atoms with Crippen LogP contribution in [0.3, 0.4) is 0 Å². The van der Waals surface area contributed by atoms with Crippen molar-refractivity contribution in [2.24, 2.45) is 0 Å². The van der Waals surface area contributed by atoms with E-state index in [1.165, 1.54) is 5.39 Å². The number of aryl methyl sites for hydroxylation is 1. The first-order valence-electron chi connectivity index (χ1n) is 6.40. The van der Waals surface area contributed by atoms with E-state index in [4.69, 9.17) is 0 Å².